The van der Waals surface area contributed by atoms with E-state index in [0.717, 1.165) is 10.9 Å². The summed E-state index contributed by atoms with van der Waals surface area (Å²) in [4.78, 5) is 13.6. The largest absolute Gasteiger partial charge is 0.401 e. The molecule has 0 spiro atoms. The number of halogens is 3. The summed E-state index contributed by atoms with van der Waals surface area (Å²) in [5, 5.41) is 10.4. The van der Waals surface area contributed by atoms with Crippen molar-refractivity contribution >= 4 is 22.5 Å². The summed E-state index contributed by atoms with van der Waals surface area (Å²) in [6, 6.07) is 5.34. The Labute approximate surface area is 130 Å². The number of hydrogen-bond acceptors (Lipinski definition) is 3. The fourth-order valence-corrected chi connectivity index (χ4v) is 2.93. The molecule has 1 aromatic heterocycles. The van der Waals surface area contributed by atoms with Crippen LogP contribution in [0.15, 0.2) is 24.4 Å². The van der Waals surface area contributed by atoms with E-state index in [9.17, 15) is 18.0 Å². The van der Waals surface area contributed by atoms with Crippen LogP contribution in [0.25, 0.3) is 10.9 Å². The van der Waals surface area contributed by atoms with Crippen LogP contribution in [0.5, 0.6) is 0 Å². The molecule has 1 aliphatic rings. The molecule has 8 heteroatoms. The Hall–Kier alpha value is -2.09. The number of nitrogens with zero attached hydrogens (tertiary/aromatic N) is 2. The summed E-state index contributed by atoms with van der Waals surface area (Å²) in [7, 11) is 0. The molecular weight excluding hydrogens is 309 g/mol. The molecule has 1 unspecified atom stereocenters. The highest BCUT2D eigenvalue weighted by Gasteiger charge is 2.34. The number of amides is 1. The maximum Gasteiger partial charge on any atom is 0.401 e. The molecular formula is C15H17F3N4O. The van der Waals surface area contributed by atoms with Crippen molar-refractivity contribution in [3.63, 3.8) is 0 Å². The average molecular weight is 326 g/mol. The maximum atomic E-state index is 12.5. The molecule has 2 heterocycles. The number of nitrogens with one attached hydrogen (secondary N) is 2. The van der Waals surface area contributed by atoms with Gasteiger partial charge in [0.05, 0.1) is 24.2 Å². The predicted molar refractivity (Wildman–Crippen MR) is 79.9 cm³/mol. The number of benzene rings is 1. The molecule has 5 nitrogen and oxygen atoms in total. The number of piperidine rings is 1. The second-order valence-corrected chi connectivity index (χ2v) is 5.85. The molecule has 0 saturated carbocycles. The van der Waals surface area contributed by atoms with Crippen molar-refractivity contribution in [2.45, 2.75) is 19.0 Å². The molecule has 1 aromatic carbocycles. The van der Waals surface area contributed by atoms with E-state index in [1.165, 1.54) is 4.90 Å². The van der Waals surface area contributed by atoms with Gasteiger partial charge >= 0.3 is 6.18 Å². The Morgan fingerprint density at radius 3 is 3.04 bits per heavy atom. The summed E-state index contributed by atoms with van der Waals surface area (Å²) < 4.78 is 37.4. The van der Waals surface area contributed by atoms with E-state index >= 15 is 0 Å². The van der Waals surface area contributed by atoms with Crippen LogP contribution in [0.3, 0.4) is 0 Å². The average Bonchev–Trinajstić information content (AvgIpc) is 2.93. The van der Waals surface area contributed by atoms with Gasteiger partial charge in [-0.1, -0.05) is 0 Å². The Morgan fingerprint density at radius 1 is 1.43 bits per heavy atom. The van der Waals surface area contributed by atoms with Crippen molar-refractivity contribution < 1.29 is 18.0 Å². The second kappa shape index (κ2) is 6.19. The maximum absolute atomic E-state index is 12.5. The number of rotatable bonds is 3. The topological polar surface area (TPSA) is 61.0 Å². The Balaban J connectivity index is 1.62. The van der Waals surface area contributed by atoms with Gasteiger partial charge < -0.3 is 5.32 Å². The summed E-state index contributed by atoms with van der Waals surface area (Å²) in [6.45, 7) is -0.447. The van der Waals surface area contributed by atoms with Crippen molar-refractivity contribution in [1.29, 1.82) is 0 Å². The number of likely N-dealkylation sites (tertiary alicyclic amines) is 1. The van der Waals surface area contributed by atoms with E-state index in [4.69, 9.17) is 0 Å². The smallest absolute Gasteiger partial charge is 0.326 e. The summed E-state index contributed by atoms with van der Waals surface area (Å²) in [5.41, 5.74) is 1.41. The number of fused-ring (bicyclic) bond motifs is 1. The monoisotopic (exact) mass is 326 g/mol. The van der Waals surface area contributed by atoms with Gasteiger partial charge in [0.1, 0.15) is 0 Å². The van der Waals surface area contributed by atoms with Gasteiger partial charge in [-0.2, -0.15) is 18.3 Å². The van der Waals surface area contributed by atoms with Crippen molar-refractivity contribution in [3.05, 3.63) is 24.4 Å². The summed E-state index contributed by atoms with van der Waals surface area (Å²) in [5.74, 6) is -0.667. The number of H-pyrrole nitrogens is 1. The first-order valence-corrected chi connectivity index (χ1v) is 7.44. The van der Waals surface area contributed by atoms with Crippen molar-refractivity contribution in [2.24, 2.45) is 5.92 Å². The minimum Gasteiger partial charge on any atom is -0.326 e. The molecule has 3 rings (SSSR count). The molecule has 0 bridgehead atoms. The molecule has 1 saturated heterocycles. The Morgan fingerprint density at radius 2 is 2.26 bits per heavy atom. The van der Waals surface area contributed by atoms with Crippen LogP contribution in [0, 0.1) is 5.92 Å². The lowest BCUT2D eigenvalue weighted by Crippen LogP contribution is -2.44. The van der Waals surface area contributed by atoms with Gasteiger partial charge in [-0.05, 0) is 37.6 Å². The zero-order valence-corrected chi connectivity index (χ0v) is 12.4. The molecule has 0 radical (unpaired) electrons. The van der Waals surface area contributed by atoms with Crippen LogP contribution < -0.4 is 5.32 Å². The molecule has 124 valence electrons. The number of anilines is 1. The molecule has 2 aromatic rings. The number of aromatic nitrogens is 2. The van der Waals surface area contributed by atoms with Crippen molar-refractivity contribution in [1.82, 2.24) is 15.1 Å². The Bertz CT molecular complexity index is 697. The Kier molecular flexibility index (Phi) is 4.25. The number of carbonyl (C=O) groups excluding carboxylic acids is 1. The first-order valence-electron chi connectivity index (χ1n) is 7.44. The number of alkyl halides is 3. The van der Waals surface area contributed by atoms with Crippen LogP contribution in [0.1, 0.15) is 12.8 Å². The quantitative estimate of drug-likeness (QED) is 0.912. The minimum absolute atomic E-state index is 0.137. The molecule has 1 fully saturated rings. The highest BCUT2D eigenvalue weighted by Crippen LogP contribution is 2.24. The van der Waals surface area contributed by atoms with Crippen molar-refractivity contribution in [2.75, 3.05) is 25.0 Å². The zero-order valence-electron chi connectivity index (χ0n) is 12.4. The summed E-state index contributed by atoms with van der Waals surface area (Å²) >= 11 is 0. The lowest BCUT2D eigenvalue weighted by Gasteiger charge is -2.32. The van der Waals surface area contributed by atoms with Gasteiger partial charge in [-0.3, -0.25) is 14.8 Å². The van der Waals surface area contributed by atoms with Crippen LogP contribution in [-0.4, -0.2) is 46.8 Å². The highest BCUT2D eigenvalue weighted by atomic mass is 19.4. The van der Waals surface area contributed by atoms with E-state index in [1.54, 1.807) is 18.3 Å². The molecule has 1 amide bonds. The first kappa shape index (κ1) is 15.8. The van der Waals surface area contributed by atoms with Crippen LogP contribution in [-0.2, 0) is 4.79 Å². The predicted octanol–water partition coefficient (Wildman–Crippen LogP) is 2.78. The third-order valence-electron chi connectivity index (χ3n) is 3.99. The number of carbonyl (C=O) groups is 1. The normalized spacial score (nSPS) is 19.9. The van der Waals surface area contributed by atoms with E-state index in [-0.39, 0.29) is 12.5 Å². The van der Waals surface area contributed by atoms with Gasteiger partial charge in [0.15, 0.2) is 0 Å². The third-order valence-corrected chi connectivity index (χ3v) is 3.99. The van der Waals surface area contributed by atoms with Crippen LogP contribution in [0.2, 0.25) is 0 Å². The van der Waals surface area contributed by atoms with Crippen molar-refractivity contribution in [3.8, 4) is 0 Å². The molecule has 23 heavy (non-hydrogen) atoms. The van der Waals surface area contributed by atoms with E-state index < -0.39 is 18.6 Å². The molecule has 2 N–H and O–H groups in total. The lowest BCUT2D eigenvalue weighted by atomic mass is 9.97. The number of hydrogen-bond donors (Lipinski definition) is 2. The van der Waals surface area contributed by atoms with Gasteiger partial charge in [-0.25, -0.2) is 0 Å². The van der Waals surface area contributed by atoms with Crippen LogP contribution >= 0.6 is 0 Å². The van der Waals surface area contributed by atoms with Gasteiger partial charge in [0, 0.05) is 17.6 Å². The lowest BCUT2D eigenvalue weighted by molar-refractivity contribution is -0.151. The minimum atomic E-state index is -4.23. The van der Waals surface area contributed by atoms with E-state index in [1.807, 2.05) is 6.07 Å². The fraction of sp³-hybridized carbons (Fsp3) is 0.467. The highest BCUT2D eigenvalue weighted by molar-refractivity contribution is 5.95. The molecule has 1 aliphatic heterocycles. The fourth-order valence-electron chi connectivity index (χ4n) is 2.93. The first-order chi connectivity index (χ1) is 10.9. The van der Waals surface area contributed by atoms with Gasteiger partial charge in [0.25, 0.3) is 0 Å². The number of aromatic amines is 1. The van der Waals surface area contributed by atoms with Gasteiger partial charge in [0.2, 0.25) is 5.91 Å². The molecule has 1 atom stereocenters. The van der Waals surface area contributed by atoms with Crippen LogP contribution in [0.4, 0.5) is 18.9 Å². The zero-order chi connectivity index (χ0) is 16.4. The third kappa shape index (κ3) is 4.01. The van der Waals surface area contributed by atoms with E-state index in [2.05, 4.69) is 15.5 Å². The van der Waals surface area contributed by atoms with Gasteiger partial charge in [-0.15, -0.1) is 0 Å². The SMILES string of the molecule is O=C(Nc1ccc2cn[nH]c2c1)C1CCCN(CC(F)(F)F)C1. The summed E-state index contributed by atoms with van der Waals surface area (Å²) in [6.07, 6.45) is -1.36. The standard InChI is InChI=1S/C15H17F3N4O/c16-15(17,18)9-22-5-1-2-11(8-22)14(23)20-12-4-3-10-7-19-21-13(10)6-12/h3-4,6-7,11H,1-2,5,8-9H2,(H,19,21)(H,20,23). The van der Waals surface area contributed by atoms with E-state index in [0.29, 0.717) is 25.1 Å². The second-order valence-electron chi connectivity index (χ2n) is 5.85. The molecule has 0 aliphatic carbocycles.